The molecule has 33 heavy (non-hydrogen) atoms. The lowest BCUT2D eigenvalue weighted by Gasteiger charge is -2.27. The highest BCUT2D eigenvalue weighted by atomic mass is 16.3. The Morgan fingerprint density at radius 3 is 1.91 bits per heavy atom. The van der Waals surface area contributed by atoms with Crippen LogP contribution in [0.5, 0.6) is 0 Å². The third kappa shape index (κ3) is 4.02. The number of carbonyl (C=O) groups is 1. The fourth-order valence-corrected chi connectivity index (χ4v) is 3.76. The summed E-state index contributed by atoms with van der Waals surface area (Å²) < 4.78 is 3.26. The third-order valence-corrected chi connectivity index (χ3v) is 5.67. The minimum absolute atomic E-state index is 0.263. The number of rotatable bonds is 6. The highest BCUT2D eigenvalue weighted by Crippen LogP contribution is 2.29. The number of nitrogens with zero attached hydrogens (tertiary/aromatic N) is 3. The Morgan fingerprint density at radius 2 is 1.39 bits per heavy atom. The van der Waals surface area contributed by atoms with Crippen molar-refractivity contribution in [3.8, 4) is 5.69 Å². The largest absolute Gasteiger partial charge is 0.372 e. The summed E-state index contributed by atoms with van der Waals surface area (Å²) >= 11 is 0. The molecule has 0 aliphatic carbocycles. The number of aromatic nitrogens is 2. The molecule has 0 fully saturated rings. The Morgan fingerprint density at radius 1 is 0.909 bits per heavy atom. The lowest BCUT2D eigenvalue weighted by molar-refractivity contribution is -0.136. The van der Waals surface area contributed by atoms with Crippen LogP contribution in [0, 0.1) is 6.92 Å². The summed E-state index contributed by atoms with van der Waals surface area (Å²) in [4.78, 5) is 26.2. The number of nitrogens with one attached hydrogen (secondary N) is 1. The summed E-state index contributed by atoms with van der Waals surface area (Å²) in [6.45, 7) is 1.80. The van der Waals surface area contributed by atoms with Crippen molar-refractivity contribution in [1.29, 1.82) is 0 Å². The molecule has 0 saturated heterocycles. The molecule has 0 saturated carbocycles. The fourth-order valence-electron chi connectivity index (χ4n) is 3.76. The quantitative estimate of drug-likeness (QED) is 0.357. The molecule has 1 aromatic heterocycles. The van der Waals surface area contributed by atoms with Gasteiger partial charge in [-0.25, -0.2) is 10.1 Å². The third-order valence-electron chi connectivity index (χ3n) is 5.67. The van der Waals surface area contributed by atoms with Crippen LogP contribution in [0.4, 0.5) is 0 Å². The van der Waals surface area contributed by atoms with Crippen molar-refractivity contribution in [2.45, 2.75) is 12.5 Å². The maximum atomic E-state index is 13.2. The van der Waals surface area contributed by atoms with Gasteiger partial charge in [0, 0.05) is 12.7 Å². The van der Waals surface area contributed by atoms with Crippen molar-refractivity contribution < 1.29 is 9.90 Å². The van der Waals surface area contributed by atoms with E-state index in [-0.39, 0.29) is 5.56 Å². The second-order valence-corrected chi connectivity index (χ2v) is 7.62. The van der Waals surface area contributed by atoms with Gasteiger partial charge in [-0.3, -0.25) is 14.3 Å². The molecule has 4 aromatic rings. The molecule has 2 N–H and O–H groups in total. The van der Waals surface area contributed by atoms with Crippen molar-refractivity contribution >= 4 is 12.1 Å². The van der Waals surface area contributed by atoms with E-state index in [1.54, 1.807) is 79.3 Å². The molecule has 0 bridgehead atoms. The smallest absolute Gasteiger partial charge is 0.281 e. The summed E-state index contributed by atoms with van der Waals surface area (Å²) in [6.07, 6.45) is 1.31. The first-order valence-electron chi connectivity index (χ1n) is 10.5. The maximum absolute atomic E-state index is 13.2. The number of hydrogen-bond donors (Lipinski definition) is 2. The molecule has 0 aliphatic heterocycles. The van der Waals surface area contributed by atoms with Gasteiger partial charge in [-0.2, -0.15) is 5.10 Å². The van der Waals surface area contributed by atoms with Gasteiger partial charge in [0.15, 0.2) is 5.60 Å². The van der Waals surface area contributed by atoms with Gasteiger partial charge in [0.1, 0.15) is 0 Å². The van der Waals surface area contributed by atoms with Crippen molar-refractivity contribution in [3.05, 3.63) is 124 Å². The highest BCUT2D eigenvalue weighted by Gasteiger charge is 2.39. The van der Waals surface area contributed by atoms with Crippen LogP contribution in [0.1, 0.15) is 22.4 Å². The van der Waals surface area contributed by atoms with E-state index < -0.39 is 11.5 Å². The number of hydrogen-bond acceptors (Lipinski definition) is 4. The van der Waals surface area contributed by atoms with Crippen LogP contribution in [-0.2, 0) is 17.4 Å². The summed E-state index contributed by atoms with van der Waals surface area (Å²) in [5.41, 5.74) is 2.76. The van der Waals surface area contributed by atoms with Crippen LogP contribution in [-0.4, -0.2) is 26.6 Å². The van der Waals surface area contributed by atoms with Gasteiger partial charge in [-0.1, -0.05) is 78.9 Å². The van der Waals surface area contributed by atoms with E-state index >= 15 is 0 Å². The van der Waals surface area contributed by atoms with Gasteiger partial charge in [-0.15, -0.1) is 0 Å². The molecule has 1 amide bonds. The minimum atomic E-state index is -1.95. The van der Waals surface area contributed by atoms with Crippen molar-refractivity contribution in [3.63, 3.8) is 0 Å². The summed E-state index contributed by atoms with van der Waals surface area (Å²) in [7, 11) is 1.78. The Kier molecular flexibility index (Phi) is 6.06. The average molecular weight is 441 g/mol. The highest BCUT2D eigenvalue weighted by molar-refractivity contribution is 5.91. The molecule has 1 heterocycles. The average Bonchev–Trinajstić information content (AvgIpc) is 3.08. The Bertz CT molecular complexity index is 1300. The lowest BCUT2D eigenvalue weighted by atomic mass is 9.85. The SMILES string of the molecule is Cc1c(C=NNC(=O)C(O)(c2ccccc2)c2ccccc2)c(=O)n(-c2ccccc2)n1C. The van der Waals surface area contributed by atoms with Gasteiger partial charge in [0.2, 0.25) is 0 Å². The number of aliphatic hydroxyl groups is 1. The van der Waals surface area contributed by atoms with E-state index in [1.807, 2.05) is 30.3 Å². The Labute approximate surface area is 191 Å². The monoisotopic (exact) mass is 440 g/mol. The molecule has 7 nitrogen and oxygen atoms in total. The molecule has 0 spiro atoms. The van der Waals surface area contributed by atoms with Crippen LogP contribution in [0.25, 0.3) is 5.69 Å². The van der Waals surface area contributed by atoms with Crippen molar-refractivity contribution in [1.82, 2.24) is 14.8 Å². The summed E-state index contributed by atoms with van der Waals surface area (Å²) in [5, 5.41) is 15.5. The van der Waals surface area contributed by atoms with E-state index in [4.69, 9.17) is 0 Å². The van der Waals surface area contributed by atoms with Gasteiger partial charge >= 0.3 is 0 Å². The van der Waals surface area contributed by atoms with E-state index in [1.165, 1.54) is 10.9 Å². The Balaban J connectivity index is 1.66. The van der Waals surface area contributed by atoms with Gasteiger partial charge < -0.3 is 5.11 Å². The van der Waals surface area contributed by atoms with E-state index in [0.29, 0.717) is 22.4 Å². The fraction of sp³-hybridized carbons (Fsp3) is 0.115. The number of benzene rings is 3. The molecule has 0 atom stereocenters. The number of carbonyl (C=O) groups excluding carboxylic acids is 1. The number of para-hydroxylation sites is 1. The predicted octanol–water partition coefficient (Wildman–Crippen LogP) is 2.87. The van der Waals surface area contributed by atoms with E-state index in [2.05, 4.69) is 10.5 Å². The van der Waals surface area contributed by atoms with Crippen LogP contribution in [0.2, 0.25) is 0 Å². The molecule has 0 radical (unpaired) electrons. The van der Waals surface area contributed by atoms with Crippen molar-refractivity contribution in [2.75, 3.05) is 0 Å². The standard InChI is InChI=1S/C26H24N4O3/c1-19-23(24(31)30(29(19)2)22-16-10-5-11-17-22)18-27-28-25(32)26(33,20-12-6-3-7-13-20)21-14-8-4-9-15-21/h3-18,33H,1-2H3,(H,28,32). The van der Waals surface area contributed by atoms with Gasteiger partial charge in [0.25, 0.3) is 11.5 Å². The first kappa shape index (κ1) is 22.0. The molecule has 0 unspecified atom stereocenters. The van der Waals surface area contributed by atoms with Crippen LogP contribution in [0.15, 0.2) is 101 Å². The normalized spacial score (nSPS) is 11.6. The van der Waals surface area contributed by atoms with E-state index in [9.17, 15) is 14.7 Å². The molecule has 166 valence electrons. The second kappa shape index (κ2) is 9.10. The van der Waals surface area contributed by atoms with E-state index in [0.717, 1.165) is 5.69 Å². The Hall–Kier alpha value is -4.23. The molecule has 0 aliphatic rings. The summed E-state index contributed by atoms with van der Waals surface area (Å²) in [5.74, 6) is -0.729. The second-order valence-electron chi connectivity index (χ2n) is 7.62. The lowest BCUT2D eigenvalue weighted by Crippen LogP contribution is -2.43. The zero-order chi connectivity index (χ0) is 23.4. The molecule has 7 heteroatoms. The van der Waals surface area contributed by atoms with Crippen LogP contribution < -0.4 is 11.0 Å². The zero-order valence-corrected chi connectivity index (χ0v) is 18.3. The molecule has 3 aromatic carbocycles. The van der Waals surface area contributed by atoms with Crippen molar-refractivity contribution in [2.24, 2.45) is 12.1 Å². The molecular weight excluding hydrogens is 416 g/mol. The first-order chi connectivity index (χ1) is 15.9. The van der Waals surface area contributed by atoms with Crippen LogP contribution >= 0.6 is 0 Å². The molecule has 4 rings (SSSR count). The molecular formula is C26H24N4O3. The number of hydrazone groups is 1. The predicted molar refractivity (Wildman–Crippen MR) is 127 cm³/mol. The van der Waals surface area contributed by atoms with Gasteiger partial charge in [0.05, 0.1) is 17.5 Å². The maximum Gasteiger partial charge on any atom is 0.281 e. The zero-order valence-electron chi connectivity index (χ0n) is 18.3. The number of amides is 1. The van der Waals surface area contributed by atoms with Gasteiger partial charge in [-0.05, 0) is 30.2 Å². The topological polar surface area (TPSA) is 88.6 Å². The first-order valence-corrected chi connectivity index (χ1v) is 10.5. The van der Waals surface area contributed by atoms with Crippen LogP contribution in [0.3, 0.4) is 0 Å². The minimum Gasteiger partial charge on any atom is -0.372 e. The summed E-state index contributed by atoms with van der Waals surface area (Å²) in [6, 6.07) is 26.6.